The van der Waals surface area contributed by atoms with Crippen LogP contribution in [0, 0.1) is 6.92 Å². The number of pyridine rings is 1. The first-order chi connectivity index (χ1) is 10.7. The summed E-state index contributed by atoms with van der Waals surface area (Å²) in [5.74, 6) is 1.88. The van der Waals surface area contributed by atoms with E-state index in [0.29, 0.717) is 0 Å². The van der Waals surface area contributed by atoms with Gasteiger partial charge in [-0.2, -0.15) is 4.98 Å². The number of aryl methyl sites for hydroxylation is 1. The lowest BCUT2D eigenvalue weighted by Crippen LogP contribution is -2.25. The van der Waals surface area contributed by atoms with E-state index >= 15 is 0 Å². The molecule has 3 heterocycles. The van der Waals surface area contributed by atoms with Gasteiger partial charge in [0.15, 0.2) is 0 Å². The van der Waals surface area contributed by atoms with Crippen molar-refractivity contribution in [3.8, 4) is 0 Å². The summed E-state index contributed by atoms with van der Waals surface area (Å²) in [7, 11) is 2.06. The van der Waals surface area contributed by atoms with Crippen molar-refractivity contribution in [1.82, 2.24) is 15.0 Å². The monoisotopic (exact) mass is 297 g/mol. The fourth-order valence-corrected chi connectivity index (χ4v) is 2.76. The molecule has 0 amide bonds. The third-order valence-electron chi connectivity index (χ3n) is 4.09. The van der Waals surface area contributed by atoms with Crippen LogP contribution in [-0.4, -0.2) is 41.6 Å². The molecular formula is C17H23N5. The topological polar surface area (TPSA) is 45.2 Å². The molecule has 0 saturated carbocycles. The smallest absolute Gasteiger partial charge is 0.227 e. The molecule has 2 aromatic heterocycles. The first-order valence-electron chi connectivity index (χ1n) is 7.93. The maximum Gasteiger partial charge on any atom is 0.227 e. The minimum absolute atomic E-state index is 0.816. The Hall–Kier alpha value is -2.17. The Morgan fingerprint density at radius 1 is 1.14 bits per heavy atom. The summed E-state index contributed by atoms with van der Waals surface area (Å²) in [4.78, 5) is 17.9. The van der Waals surface area contributed by atoms with Crippen molar-refractivity contribution >= 4 is 11.8 Å². The van der Waals surface area contributed by atoms with E-state index in [9.17, 15) is 0 Å². The van der Waals surface area contributed by atoms with Crippen molar-refractivity contribution < 1.29 is 0 Å². The zero-order valence-electron chi connectivity index (χ0n) is 13.4. The lowest BCUT2D eigenvalue weighted by Gasteiger charge is -2.21. The highest BCUT2D eigenvalue weighted by Crippen LogP contribution is 2.21. The summed E-state index contributed by atoms with van der Waals surface area (Å²) in [5, 5.41) is 0. The van der Waals surface area contributed by atoms with E-state index in [1.54, 1.807) is 0 Å². The second-order valence-corrected chi connectivity index (χ2v) is 5.89. The maximum atomic E-state index is 4.76. The molecule has 3 rings (SSSR count). The van der Waals surface area contributed by atoms with E-state index in [0.717, 1.165) is 43.5 Å². The van der Waals surface area contributed by atoms with Crippen LogP contribution in [0.2, 0.25) is 0 Å². The molecule has 5 heteroatoms. The highest BCUT2D eigenvalue weighted by atomic mass is 15.3. The van der Waals surface area contributed by atoms with Crippen LogP contribution in [0.5, 0.6) is 0 Å². The Bertz CT molecular complexity index is 608. The third-order valence-corrected chi connectivity index (χ3v) is 4.09. The Morgan fingerprint density at radius 3 is 2.59 bits per heavy atom. The van der Waals surface area contributed by atoms with Crippen LogP contribution in [-0.2, 0) is 6.42 Å². The quantitative estimate of drug-likeness (QED) is 0.848. The van der Waals surface area contributed by atoms with Gasteiger partial charge in [-0.25, -0.2) is 4.98 Å². The van der Waals surface area contributed by atoms with Crippen molar-refractivity contribution in [3.05, 3.63) is 41.9 Å². The SMILES string of the molecule is Cc1cc(N2CCCC2)nc(N(C)CCc2ccncc2)n1. The molecule has 0 spiro atoms. The number of rotatable bonds is 5. The maximum absolute atomic E-state index is 4.76. The van der Waals surface area contributed by atoms with Crippen LogP contribution in [0.1, 0.15) is 24.1 Å². The van der Waals surface area contributed by atoms with Crippen molar-refractivity contribution in [3.63, 3.8) is 0 Å². The molecule has 0 bridgehead atoms. The molecular weight excluding hydrogens is 274 g/mol. The second-order valence-electron chi connectivity index (χ2n) is 5.89. The number of likely N-dealkylation sites (N-methyl/N-ethyl adjacent to an activating group) is 1. The average molecular weight is 297 g/mol. The van der Waals surface area contributed by atoms with Crippen LogP contribution in [0.25, 0.3) is 0 Å². The second kappa shape index (κ2) is 6.73. The molecule has 1 fully saturated rings. The minimum Gasteiger partial charge on any atom is -0.356 e. The van der Waals surface area contributed by atoms with Gasteiger partial charge in [0.25, 0.3) is 0 Å². The van der Waals surface area contributed by atoms with Crippen LogP contribution < -0.4 is 9.80 Å². The zero-order valence-corrected chi connectivity index (χ0v) is 13.4. The van der Waals surface area contributed by atoms with Gasteiger partial charge in [-0.05, 0) is 43.9 Å². The standard InChI is InChI=1S/C17H23N5/c1-14-13-16(22-10-3-4-11-22)20-17(19-14)21(2)12-7-15-5-8-18-9-6-15/h5-6,8-9,13H,3-4,7,10-12H2,1-2H3. The fourth-order valence-electron chi connectivity index (χ4n) is 2.76. The highest BCUT2D eigenvalue weighted by molar-refractivity contribution is 5.46. The number of aromatic nitrogens is 3. The van der Waals surface area contributed by atoms with Gasteiger partial charge in [-0.15, -0.1) is 0 Å². The molecule has 1 aliphatic rings. The Morgan fingerprint density at radius 2 is 1.86 bits per heavy atom. The minimum atomic E-state index is 0.816. The Labute approximate surface area is 132 Å². The van der Waals surface area contributed by atoms with Gasteiger partial charge in [-0.3, -0.25) is 4.98 Å². The third kappa shape index (κ3) is 3.53. The first kappa shape index (κ1) is 14.8. The van der Waals surface area contributed by atoms with Crippen LogP contribution >= 0.6 is 0 Å². The van der Waals surface area contributed by atoms with Crippen molar-refractivity contribution in [2.75, 3.05) is 36.5 Å². The van der Waals surface area contributed by atoms with Gasteiger partial charge in [0.1, 0.15) is 5.82 Å². The molecule has 1 saturated heterocycles. The van der Waals surface area contributed by atoms with Crippen molar-refractivity contribution in [2.45, 2.75) is 26.2 Å². The summed E-state index contributed by atoms with van der Waals surface area (Å²) >= 11 is 0. The molecule has 5 nitrogen and oxygen atoms in total. The van der Waals surface area contributed by atoms with Gasteiger partial charge < -0.3 is 9.80 Å². The lowest BCUT2D eigenvalue weighted by atomic mass is 10.2. The van der Waals surface area contributed by atoms with Crippen molar-refractivity contribution in [1.29, 1.82) is 0 Å². The lowest BCUT2D eigenvalue weighted by molar-refractivity contribution is 0.822. The van der Waals surface area contributed by atoms with Gasteiger partial charge in [-0.1, -0.05) is 0 Å². The van der Waals surface area contributed by atoms with E-state index in [1.165, 1.54) is 18.4 Å². The van der Waals surface area contributed by atoms with E-state index in [2.05, 4.69) is 45.0 Å². The normalized spacial score (nSPS) is 14.4. The molecule has 0 radical (unpaired) electrons. The van der Waals surface area contributed by atoms with Gasteiger partial charge in [0.2, 0.25) is 5.95 Å². The van der Waals surface area contributed by atoms with Crippen LogP contribution in [0.3, 0.4) is 0 Å². The van der Waals surface area contributed by atoms with E-state index in [-0.39, 0.29) is 0 Å². The molecule has 1 aliphatic heterocycles. The summed E-state index contributed by atoms with van der Waals surface area (Å²) in [6.45, 7) is 5.15. The Balaban J connectivity index is 1.70. The average Bonchev–Trinajstić information content (AvgIpc) is 3.07. The summed E-state index contributed by atoms with van der Waals surface area (Å²) in [6.07, 6.45) is 7.16. The summed E-state index contributed by atoms with van der Waals surface area (Å²) < 4.78 is 0. The number of anilines is 2. The molecule has 2 aromatic rings. The fraction of sp³-hybridized carbons (Fsp3) is 0.471. The number of hydrogen-bond acceptors (Lipinski definition) is 5. The highest BCUT2D eigenvalue weighted by Gasteiger charge is 2.16. The zero-order chi connectivity index (χ0) is 15.4. The van der Waals surface area contributed by atoms with Gasteiger partial charge >= 0.3 is 0 Å². The van der Waals surface area contributed by atoms with E-state index in [4.69, 9.17) is 4.98 Å². The predicted molar refractivity (Wildman–Crippen MR) is 89.4 cm³/mol. The molecule has 0 unspecified atom stereocenters. The largest absolute Gasteiger partial charge is 0.356 e. The van der Waals surface area contributed by atoms with E-state index in [1.807, 2.05) is 19.3 Å². The molecule has 0 atom stereocenters. The molecule has 0 aromatic carbocycles. The van der Waals surface area contributed by atoms with Crippen molar-refractivity contribution in [2.24, 2.45) is 0 Å². The Kier molecular flexibility index (Phi) is 4.51. The first-order valence-corrected chi connectivity index (χ1v) is 7.93. The molecule has 0 N–H and O–H groups in total. The van der Waals surface area contributed by atoms with Gasteiger partial charge in [0, 0.05) is 50.8 Å². The summed E-state index contributed by atoms with van der Waals surface area (Å²) in [6, 6.07) is 6.20. The van der Waals surface area contributed by atoms with Crippen LogP contribution in [0.4, 0.5) is 11.8 Å². The van der Waals surface area contributed by atoms with Gasteiger partial charge in [0.05, 0.1) is 0 Å². The van der Waals surface area contributed by atoms with Crippen LogP contribution in [0.15, 0.2) is 30.6 Å². The molecule has 0 aliphatic carbocycles. The predicted octanol–water partition coefficient (Wildman–Crippen LogP) is 2.46. The number of nitrogens with zero attached hydrogens (tertiary/aromatic N) is 5. The summed E-state index contributed by atoms with van der Waals surface area (Å²) in [5.41, 5.74) is 2.32. The van der Waals surface area contributed by atoms with E-state index < -0.39 is 0 Å². The molecule has 116 valence electrons. The number of hydrogen-bond donors (Lipinski definition) is 0. The molecule has 22 heavy (non-hydrogen) atoms.